The van der Waals surface area contributed by atoms with E-state index in [9.17, 15) is 4.79 Å². The van der Waals surface area contributed by atoms with E-state index in [4.69, 9.17) is 4.74 Å². The minimum atomic E-state index is -0.0842. The lowest BCUT2D eigenvalue weighted by Gasteiger charge is -2.14. The monoisotopic (exact) mass is 314 g/mol. The first-order valence-corrected chi connectivity index (χ1v) is 7.25. The third-order valence-corrected chi connectivity index (χ3v) is 3.02. The van der Waals surface area contributed by atoms with Crippen LogP contribution in [0.25, 0.3) is 0 Å². The Morgan fingerprint density at radius 3 is 2.62 bits per heavy atom. The number of carbonyl (C=O) groups is 1. The lowest BCUT2D eigenvalue weighted by Crippen LogP contribution is -2.34. The molecule has 0 atom stereocenters. The van der Waals surface area contributed by atoms with E-state index in [1.807, 2.05) is 19.9 Å². The molecule has 0 saturated carbocycles. The van der Waals surface area contributed by atoms with Gasteiger partial charge in [-0.2, -0.15) is 0 Å². The Labute approximate surface area is 134 Å². The SMILES string of the molecule is CCNCCNC(=O)COc1cc(C)ccc1C(C)C.Cl. The molecule has 0 aliphatic rings. The summed E-state index contributed by atoms with van der Waals surface area (Å²) >= 11 is 0. The van der Waals surface area contributed by atoms with Crippen molar-refractivity contribution in [1.82, 2.24) is 10.6 Å². The zero-order valence-electron chi connectivity index (χ0n) is 13.4. The molecule has 2 N–H and O–H groups in total. The maximum atomic E-state index is 11.7. The number of hydrogen-bond donors (Lipinski definition) is 2. The van der Waals surface area contributed by atoms with Crippen molar-refractivity contribution in [3.8, 4) is 5.75 Å². The standard InChI is InChI=1S/C16H26N2O2.ClH/c1-5-17-8-9-18-16(19)11-20-15-10-13(4)6-7-14(15)12(2)3;/h6-7,10,12,17H,5,8-9,11H2,1-4H3,(H,18,19);1H. The van der Waals surface area contributed by atoms with Crippen LogP contribution in [-0.4, -0.2) is 32.1 Å². The van der Waals surface area contributed by atoms with Gasteiger partial charge in [0.15, 0.2) is 6.61 Å². The molecule has 0 bridgehead atoms. The molecule has 0 heterocycles. The van der Waals surface area contributed by atoms with Gasteiger partial charge in [-0.1, -0.05) is 32.9 Å². The van der Waals surface area contributed by atoms with E-state index in [0.29, 0.717) is 12.5 Å². The van der Waals surface area contributed by atoms with Crippen molar-refractivity contribution in [2.75, 3.05) is 26.2 Å². The number of rotatable bonds is 8. The van der Waals surface area contributed by atoms with E-state index in [2.05, 4.69) is 36.6 Å². The van der Waals surface area contributed by atoms with Gasteiger partial charge in [-0.05, 0) is 36.6 Å². The predicted molar refractivity (Wildman–Crippen MR) is 89.6 cm³/mol. The maximum absolute atomic E-state index is 11.7. The van der Waals surface area contributed by atoms with Gasteiger partial charge in [0.2, 0.25) is 0 Å². The average Bonchev–Trinajstić information content (AvgIpc) is 2.41. The molecule has 120 valence electrons. The largest absolute Gasteiger partial charge is 0.483 e. The number of ether oxygens (including phenoxy) is 1. The Morgan fingerprint density at radius 1 is 1.29 bits per heavy atom. The number of carbonyl (C=O) groups excluding carboxylic acids is 1. The van der Waals surface area contributed by atoms with Crippen molar-refractivity contribution in [1.29, 1.82) is 0 Å². The molecule has 1 aromatic rings. The summed E-state index contributed by atoms with van der Waals surface area (Å²) in [5, 5.41) is 5.98. The van der Waals surface area contributed by atoms with E-state index >= 15 is 0 Å². The predicted octanol–water partition coefficient (Wildman–Crippen LogP) is 2.64. The summed E-state index contributed by atoms with van der Waals surface area (Å²) in [7, 11) is 0. The van der Waals surface area contributed by atoms with Crippen LogP contribution in [0.15, 0.2) is 18.2 Å². The Morgan fingerprint density at radius 2 is 2.00 bits per heavy atom. The fourth-order valence-corrected chi connectivity index (χ4v) is 1.90. The van der Waals surface area contributed by atoms with Gasteiger partial charge in [0.05, 0.1) is 0 Å². The van der Waals surface area contributed by atoms with E-state index in [-0.39, 0.29) is 24.9 Å². The lowest BCUT2D eigenvalue weighted by molar-refractivity contribution is -0.123. The fourth-order valence-electron chi connectivity index (χ4n) is 1.90. The molecule has 1 aromatic carbocycles. The van der Waals surface area contributed by atoms with Crippen molar-refractivity contribution < 1.29 is 9.53 Å². The second-order valence-corrected chi connectivity index (χ2v) is 5.19. The molecule has 0 spiro atoms. The number of hydrogen-bond acceptors (Lipinski definition) is 3. The minimum Gasteiger partial charge on any atom is -0.483 e. The molecule has 4 nitrogen and oxygen atoms in total. The van der Waals surface area contributed by atoms with Crippen molar-refractivity contribution in [2.45, 2.75) is 33.6 Å². The molecule has 0 radical (unpaired) electrons. The Bertz CT molecular complexity index is 436. The summed E-state index contributed by atoms with van der Waals surface area (Å²) in [6, 6.07) is 6.12. The molecule has 0 aliphatic carbocycles. The number of benzene rings is 1. The second-order valence-electron chi connectivity index (χ2n) is 5.19. The van der Waals surface area contributed by atoms with Crippen LogP contribution in [0.1, 0.15) is 37.8 Å². The van der Waals surface area contributed by atoms with Crippen LogP contribution in [-0.2, 0) is 4.79 Å². The van der Waals surface area contributed by atoms with Crippen LogP contribution < -0.4 is 15.4 Å². The van der Waals surface area contributed by atoms with Crippen LogP contribution in [0.4, 0.5) is 0 Å². The van der Waals surface area contributed by atoms with Crippen molar-refractivity contribution in [2.24, 2.45) is 0 Å². The molecule has 0 fully saturated rings. The van der Waals surface area contributed by atoms with Gasteiger partial charge in [-0.15, -0.1) is 12.4 Å². The Kier molecular flexibility index (Phi) is 9.84. The summed E-state index contributed by atoms with van der Waals surface area (Å²) in [5.41, 5.74) is 2.27. The quantitative estimate of drug-likeness (QED) is 0.725. The van der Waals surface area contributed by atoms with E-state index in [1.54, 1.807) is 0 Å². The first-order valence-electron chi connectivity index (χ1n) is 7.25. The van der Waals surface area contributed by atoms with Crippen molar-refractivity contribution >= 4 is 18.3 Å². The molecule has 0 aliphatic heterocycles. The first kappa shape index (κ1) is 19.7. The summed E-state index contributed by atoms with van der Waals surface area (Å²) in [5.74, 6) is 1.10. The number of likely N-dealkylation sites (N-methyl/N-ethyl adjacent to an activating group) is 1. The van der Waals surface area contributed by atoms with Crippen LogP contribution in [0.2, 0.25) is 0 Å². The highest BCUT2D eigenvalue weighted by Crippen LogP contribution is 2.27. The average molecular weight is 315 g/mol. The van der Waals surface area contributed by atoms with E-state index in [1.165, 1.54) is 0 Å². The zero-order chi connectivity index (χ0) is 15.0. The highest BCUT2D eigenvalue weighted by atomic mass is 35.5. The summed E-state index contributed by atoms with van der Waals surface area (Å²) in [6.07, 6.45) is 0. The summed E-state index contributed by atoms with van der Waals surface area (Å²) < 4.78 is 5.67. The summed E-state index contributed by atoms with van der Waals surface area (Å²) in [6.45, 7) is 10.7. The zero-order valence-corrected chi connectivity index (χ0v) is 14.2. The Hall–Kier alpha value is -1.26. The third-order valence-electron chi connectivity index (χ3n) is 3.02. The second kappa shape index (κ2) is 10.5. The van der Waals surface area contributed by atoms with Gasteiger partial charge < -0.3 is 15.4 Å². The van der Waals surface area contributed by atoms with Gasteiger partial charge in [0.25, 0.3) is 5.91 Å². The number of halogens is 1. The molecular weight excluding hydrogens is 288 g/mol. The molecule has 1 rings (SSSR count). The van der Waals surface area contributed by atoms with Gasteiger partial charge in [-0.25, -0.2) is 0 Å². The number of nitrogens with one attached hydrogen (secondary N) is 2. The van der Waals surface area contributed by atoms with E-state index < -0.39 is 0 Å². The number of amides is 1. The van der Waals surface area contributed by atoms with Crippen LogP contribution in [0, 0.1) is 6.92 Å². The van der Waals surface area contributed by atoms with Crippen molar-refractivity contribution in [3.05, 3.63) is 29.3 Å². The smallest absolute Gasteiger partial charge is 0.257 e. The first-order chi connectivity index (χ1) is 9.54. The highest BCUT2D eigenvalue weighted by Gasteiger charge is 2.09. The summed E-state index contributed by atoms with van der Waals surface area (Å²) in [4.78, 5) is 11.7. The van der Waals surface area contributed by atoms with Crippen LogP contribution in [0.3, 0.4) is 0 Å². The molecule has 1 amide bonds. The Balaban J connectivity index is 0.00000400. The van der Waals surface area contributed by atoms with Gasteiger partial charge in [0.1, 0.15) is 5.75 Å². The van der Waals surface area contributed by atoms with Crippen molar-refractivity contribution in [3.63, 3.8) is 0 Å². The van der Waals surface area contributed by atoms with Crippen LogP contribution in [0.5, 0.6) is 5.75 Å². The molecule has 5 heteroatoms. The topological polar surface area (TPSA) is 50.4 Å². The van der Waals surface area contributed by atoms with Gasteiger partial charge in [-0.3, -0.25) is 4.79 Å². The van der Waals surface area contributed by atoms with E-state index in [0.717, 1.165) is 30.0 Å². The molecule has 0 saturated heterocycles. The number of aryl methyl sites for hydroxylation is 1. The van der Waals surface area contributed by atoms with Gasteiger partial charge >= 0.3 is 0 Å². The molecular formula is C16H27ClN2O2. The minimum absolute atomic E-state index is 0. The van der Waals surface area contributed by atoms with Crippen LogP contribution >= 0.6 is 12.4 Å². The molecule has 0 unspecified atom stereocenters. The highest BCUT2D eigenvalue weighted by molar-refractivity contribution is 5.85. The third kappa shape index (κ3) is 7.34. The maximum Gasteiger partial charge on any atom is 0.257 e. The van der Waals surface area contributed by atoms with Gasteiger partial charge in [0, 0.05) is 13.1 Å². The fraction of sp³-hybridized carbons (Fsp3) is 0.562. The normalized spacial score (nSPS) is 10.1. The molecule has 21 heavy (non-hydrogen) atoms. The molecule has 0 aromatic heterocycles. The lowest BCUT2D eigenvalue weighted by atomic mass is 10.0.